The lowest BCUT2D eigenvalue weighted by Crippen LogP contribution is -1.84. The van der Waals surface area contributed by atoms with Gasteiger partial charge in [0, 0.05) is 7.85 Å². The molecule has 0 atom stereocenters. The Kier molecular flexibility index (Phi) is 1.56. The molecule has 46 valence electrons. The van der Waals surface area contributed by atoms with Crippen LogP contribution in [0.4, 0.5) is 0 Å². The van der Waals surface area contributed by atoms with Crippen LogP contribution in [0.25, 0.3) is 0 Å². The van der Waals surface area contributed by atoms with Gasteiger partial charge < -0.3 is 0 Å². The maximum atomic E-state index is 3.76. The van der Waals surface area contributed by atoms with Gasteiger partial charge in [0.15, 0.2) is 5.82 Å². The van der Waals surface area contributed by atoms with Crippen LogP contribution in [0.3, 0.4) is 0 Å². The third kappa shape index (κ3) is 1.02. The summed E-state index contributed by atoms with van der Waals surface area (Å²) in [5.74, 6) is 0.799. The van der Waals surface area contributed by atoms with E-state index in [2.05, 4.69) is 27.5 Å². The molecule has 0 amide bonds. The van der Waals surface area contributed by atoms with Gasteiger partial charge in [-0.3, -0.25) is 0 Å². The molecule has 1 heterocycles. The molecule has 0 aliphatic rings. The molecule has 8 heavy (non-hydrogen) atoms. The number of aromatic amines is 1. The first-order chi connectivity index (χ1) is 3.93. The number of nitrogens with zero attached hydrogens (tertiary/aromatic N) is 3. The van der Waals surface area contributed by atoms with Gasteiger partial charge in [-0.25, -0.2) is 0 Å². The third-order valence-corrected chi connectivity index (χ3v) is 0.863. The number of hydrogen-bond donors (Lipinski definition) is 1. The first-order valence-electron chi connectivity index (χ1n) is 2.66. The fraction of sp³-hybridized carbons (Fsp3) is 0.750. The van der Waals surface area contributed by atoms with Gasteiger partial charge in [-0.1, -0.05) is 12.1 Å². The van der Waals surface area contributed by atoms with Crippen LogP contribution >= 0.6 is 0 Å². The minimum Gasteiger partial charge on any atom is -0.177 e. The first-order valence-corrected chi connectivity index (χ1v) is 2.66. The number of aryl methyl sites for hydroxylation is 1. The second-order valence-electron chi connectivity index (χ2n) is 1.58. The molecule has 0 fully saturated rings. The van der Waals surface area contributed by atoms with Crippen molar-refractivity contribution in [3.05, 3.63) is 5.82 Å². The van der Waals surface area contributed by atoms with Gasteiger partial charge in [-0.05, 0) is 6.42 Å². The molecule has 0 aliphatic heterocycles. The minimum absolute atomic E-state index is 0. The molecular formula is C4H10N4. The second-order valence-corrected chi connectivity index (χ2v) is 1.58. The maximum absolute atomic E-state index is 3.76. The fourth-order valence-corrected chi connectivity index (χ4v) is 0.512. The quantitative estimate of drug-likeness (QED) is 0.605. The summed E-state index contributed by atoms with van der Waals surface area (Å²) in [6, 6.07) is 0. The van der Waals surface area contributed by atoms with E-state index in [9.17, 15) is 0 Å². The highest BCUT2D eigenvalue weighted by molar-refractivity contribution is 4.73. The number of aromatic nitrogens is 4. The van der Waals surface area contributed by atoms with Crippen LogP contribution in [0, 0.1) is 0 Å². The highest BCUT2D eigenvalue weighted by Gasteiger charge is 1.91. The zero-order valence-corrected chi connectivity index (χ0v) is 4.76. The van der Waals surface area contributed by atoms with Gasteiger partial charge in [0.2, 0.25) is 0 Å². The van der Waals surface area contributed by atoms with E-state index >= 15 is 0 Å². The van der Waals surface area contributed by atoms with Crippen LogP contribution in [-0.4, -0.2) is 20.6 Å². The number of hydrogen-bond acceptors (Lipinski definition) is 3. The molecule has 1 aromatic rings. The van der Waals surface area contributed by atoms with Gasteiger partial charge in [0.1, 0.15) is 0 Å². The van der Waals surface area contributed by atoms with Crippen molar-refractivity contribution in [3.63, 3.8) is 0 Å². The monoisotopic (exact) mass is 114 g/mol. The average Bonchev–Trinajstić information content (AvgIpc) is 2.19. The smallest absolute Gasteiger partial charge is 0.174 e. The van der Waals surface area contributed by atoms with Crippen LogP contribution in [0.2, 0.25) is 0 Å². The van der Waals surface area contributed by atoms with Gasteiger partial charge in [-0.15, -0.1) is 10.2 Å². The Balaban J connectivity index is 0.000000640. The zero-order valence-electron chi connectivity index (χ0n) is 4.76. The minimum atomic E-state index is 0. The Morgan fingerprint density at radius 2 is 2.62 bits per heavy atom. The molecular weight excluding hydrogens is 104 g/mol. The Labute approximate surface area is 48.8 Å². The highest BCUT2D eigenvalue weighted by atomic mass is 15.5. The Morgan fingerprint density at radius 3 is 3.12 bits per heavy atom. The molecule has 0 saturated heterocycles. The van der Waals surface area contributed by atoms with Gasteiger partial charge >= 0.3 is 0 Å². The SMILES string of the molecule is CCCc1nn[nH]n1.[HH]. The summed E-state index contributed by atoms with van der Waals surface area (Å²) in [7, 11) is 0. The van der Waals surface area contributed by atoms with E-state index in [-0.39, 0.29) is 1.43 Å². The molecule has 0 unspecified atom stereocenters. The molecule has 1 N–H and O–H groups in total. The van der Waals surface area contributed by atoms with E-state index in [1.807, 2.05) is 0 Å². The number of tetrazole rings is 1. The summed E-state index contributed by atoms with van der Waals surface area (Å²) in [4.78, 5) is 0. The predicted molar refractivity (Wildman–Crippen MR) is 30.3 cm³/mol. The highest BCUT2D eigenvalue weighted by Crippen LogP contribution is 1.87. The van der Waals surface area contributed by atoms with E-state index in [4.69, 9.17) is 0 Å². The van der Waals surface area contributed by atoms with Crippen molar-refractivity contribution >= 4 is 0 Å². The van der Waals surface area contributed by atoms with Crippen LogP contribution < -0.4 is 0 Å². The van der Waals surface area contributed by atoms with Crippen molar-refractivity contribution in [2.45, 2.75) is 19.8 Å². The first kappa shape index (κ1) is 5.21. The molecule has 0 saturated carbocycles. The summed E-state index contributed by atoms with van der Waals surface area (Å²) in [6.07, 6.45) is 1.98. The van der Waals surface area contributed by atoms with Gasteiger partial charge in [-0.2, -0.15) is 5.21 Å². The zero-order chi connectivity index (χ0) is 5.82. The van der Waals surface area contributed by atoms with Crippen LogP contribution in [0.1, 0.15) is 20.6 Å². The summed E-state index contributed by atoms with van der Waals surface area (Å²) in [5.41, 5.74) is 0. The molecule has 4 heteroatoms. The Bertz CT molecular complexity index is 138. The largest absolute Gasteiger partial charge is 0.177 e. The summed E-state index contributed by atoms with van der Waals surface area (Å²) >= 11 is 0. The van der Waals surface area contributed by atoms with Crippen molar-refractivity contribution < 1.29 is 1.43 Å². The lowest BCUT2D eigenvalue weighted by atomic mass is 10.3. The third-order valence-electron chi connectivity index (χ3n) is 0.863. The number of H-pyrrole nitrogens is 1. The lowest BCUT2D eigenvalue weighted by molar-refractivity contribution is 0.839. The number of nitrogens with one attached hydrogen (secondary N) is 1. The van der Waals surface area contributed by atoms with E-state index in [1.54, 1.807) is 0 Å². The van der Waals surface area contributed by atoms with E-state index in [1.165, 1.54) is 0 Å². The Morgan fingerprint density at radius 1 is 1.75 bits per heavy atom. The second kappa shape index (κ2) is 2.40. The van der Waals surface area contributed by atoms with Gasteiger partial charge in [0.25, 0.3) is 0 Å². The van der Waals surface area contributed by atoms with Crippen LogP contribution in [0.15, 0.2) is 0 Å². The molecule has 0 aromatic carbocycles. The lowest BCUT2D eigenvalue weighted by Gasteiger charge is -1.80. The van der Waals surface area contributed by atoms with E-state index in [0.717, 1.165) is 18.7 Å². The van der Waals surface area contributed by atoms with Crippen molar-refractivity contribution in [1.82, 2.24) is 20.6 Å². The van der Waals surface area contributed by atoms with Crippen LogP contribution in [0.5, 0.6) is 0 Å². The van der Waals surface area contributed by atoms with Crippen molar-refractivity contribution in [2.24, 2.45) is 0 Å². The van der Waals surface area contributed by atoms with Gasteiger partial charge in [0.05, 0.1) is 0 Å². The van der Waals surface area contributed by atoms with Crippen molar-refractivity contribution in [1.29, 1.82) is 0 Å². The number of rotatable bonds is 2. The van der Waals surface area contributed by atoms with Crippen molar-refractivity contribution in [3.8, 4) is 0 Å². The molecule has 1 aromatic heterocycles. The molecule has 0 radical (unpaired) electrons. The van der Waals surface area contributed by atoms with E-state index < -0.39 is 0 Å². The normalized spacial score (nSPS) is 9.62. The van der Waals surface area contributed by atoms with Crippen molar-refractivity contribution in [2.75, 3.05) is 0 Å². The Hall–Kier alpha value is -0.930. The molecule has 0 aliphatic carbocycles. The molecule has 1 rings (SSSR count). The standard InChI is InChI=1S/C4H8N4.H2/c1-2-3-4-5-7-8-6-4;/h2-3H2,1H3,(H,5,6,7,8);1H. The average molecular weight is 114 g/mol. The fourth-order valence-electron chi connectivity index (χ4n) is 0.512. The molecule has 0 spiro atoms. The maximum Gasteiger partial charge on any atom is 0.174 e. The predicted octanol–water partition coefficient (Wildman–Crippen LogP) is 0.398. The molecule has 0 bridgehead atoms. The summed E-state index contributed by atoms with van der Waals surface area (Å²) < 4.78 is 0. The topological polar surface area (TPSA) is 54.5 Å². The summed E-state index contributed by atoms with van der Waals surface area (Å²) in [6.45, 7) is 2.08. The molecule has 4 nitrogen and oxygen atoms in total. The van der Waals surface area contributed by atoms with E-state index in [0.29, 0.717) is 0 Å². The summed E-state index contributed by atoms with van der Waals surface area (Å²) in [5, 5.41) is 13.3. The van der Waals surface area contributed by atoms with Crippen LogP contribution in [-0.2, 0) is 6.42 Å².